The van der Waals surface area contributed by atoms with Crippen molar-refractivity contribution in [3.8, 4) is 5.75 Å². The van der Waals surface area contributed by atoms with E-state index in [9.17, 15) is 14.4 Å². The molecule has 8 nitrogen and oxygen atoms in total. The number of nitrogens with zero attached hydrogens (tertiary/aromatic N) is 2. The minimum Gasteiger partial charge on any atom is -0.478 e. The van der Waals surface area contributed by atoms with Crippen molar-refractivity contribution in [2.75, 3.05) is 6.61 Å². The molecule has 1 heterocycles. The van der Waals surface area contributed by atoms with Crippen LogP contribution in [0.25, 0.3) is 21.7 Å². The number of hydrogen-bond acceptors (Lipinski definition) is 6. The fourth-order valence-corrected chi connectivity index (χ4v) is 3.38. The number of fused-ring (bicyclic) bond motifs is 2. The normalized spacial score (nSPS) is 12.3. The van der Waals surface area contributed by atoms with Crippen LogP contribution in [0.1, 0.15) is 19.4 Å². The van der Waals surface area contributed by atoms with E-state index < -0.39 is 23.3 Å². The van der Waals surface area contributed by atoms with E-state index >= 15 is 0 Å². The van der Waals surface area contributed by atoms with Crippen molar-refractivity contribution in [3.05, 3.63) is 87.1 Å². The van der Waals surface area contributed by atoms with Crippen molar-refractivity contribution < 1.29 is 14.3 Å². The number of rotatable bonds is 6. The lowest BCUT2D eigenvalue weighted by Gasteiger charge is -2.16. The molecule has 3 aromatic carbocycles. The smallest absolute Gasteiger partial charge is 0.349 e. The van der Waals surface area contributed by atoms with Gasteiger partial charge in [-0.05, 0) is 42.8 Å². The predicted octanol–water partition coefficient (Wildman–Crippen LogP) is 3.06. The molecule has 0 radical (unpaired) electrons. The molecule has 4 aromatic rings. The van der Waals surface area contributed by atoms with Crippen molar-refractivity contribution in [1.29, 1.82) is 0 Å². The van der Waals surface area contributed by atoms with Crippen molar-refractivity contribution in [2.24, 2.45) is 5.10 Å². The van der Waals surface area contributed by atoms with Crippen LogP contribution < -0.4 is 16.0 Å². The van der Waals surface area contributed by atoms with Gasteiger partial charge in [0, 0.05) is 5.56 Å². The lowest BCUT2D eigenvalue weighted by molar-refractivity contribution is -0.150. The van der Waals surface area contributed by atoms with Gasteiger partial charge in [0.1, 0.15) is 5.75 Å². The summed E-state index contributed by atoms with van der Waals surface area (Å²) in [5.74, 6) is -0.121. The lowest BCUT2D eigenvalue weighted by Crippen LogP contribution is -2.32. The van der Waals surface area contributed by atoms with E-state index in [0.717, 1.165) is 15.4 Å². The van der Waals surface area contributed by atoms with Gasteiger partial charge in [0.15, 0.2) is 6.10 Å². The molecule has 0 saturated carbocycles. The molecule has 0 saturated heterocycles. The Morgan fingerprint density at radius 2 is 1.78 bits per heavy atom. The molecular weight excluding hydrogens is 410 g/mol. The second-order valence-electron chi connectivity index (χ2n) is 7.05. The summed E-state index contributed by atoms with van der Waals surface area (Å²) in [4.78, 5) is 40.0. The van der Waals surface area contributed by atoms with Crippen LogP contribution in [0.4, 0.5) is 0 Å². The summed E-state index contributed by atoms with van der Waals surface area (Å²) in [6.07, 6.45) is 0.538. The Kier molecular flexibility index (Phi) is 5.85. The quantitative estimate of drug-likeness (QED) is 0.373. The third-order valence-corrected chi connectivity index (χ3v) is 4.94. The van der Waals surface area contributed by atoms with Crippen LogP contribution in [-0.4, -0.2) is 34.6 Å². The van der Waals surface area contributed by atoms with E-state index in [1.54, 1.807) is 44.2 Å². The molecule has 32 heavy (non-hydrogen) atoms. The average Bonchev–Trinajstić information content (AvgIpc) is 2.80. The number of benzene rings is 3. The number of H-pyrrole nitrogens is 1. The van der Waals surface area contributed by atoms with Crippen LogP contribution in [0, 0.1) is 0 Å². The van der Waals surface area contributed by atoms with Crippen molar-refractivity contribution in [2.45, 2.75) is 20.0 Å². The fraction of sp³-hybridized carbons (Fsp3) is 0.167. The van der Waals surface area contributed by atoms with E-state index in [4.69, 9.17) is 9.47 Å². The molecule has 0 amide bonds. The lowest BCUT2D eigenvalue weighted by atomic mass is 10.0. The van der Waals surface area contributed by atoms with Crippen molar-refractivity contribution in [3.63, 3.8) is 0 Å². The first-order chi connectivity index (χ1) is 15.5. The summed E-state index contributed by atoms with van der Waals surface area (Å²) in [7, 11) is 0. The van der Waals surface area contributed by atoms with E-state index in [1.807, 2.05) is 30.3 Å². The third kappa shape index (κ3) is 4.02. The zero-order valence-corrected chi connectivity index (χ0v) is 17.6. The molecule has 4 rings (SSSR count). The standard InChI is InChI=1S/C24H21N3O5/c1-3-31-23(29)15(2)32-21-13-12-16-8-4-5-9-17(16)19(21)14-25-27-22(28)18-10-6-7-11-20(18)26-24(27)30/h4-15H,3H2,1-2H3,(H,26,30)/t15-/m1/s1. The molecule has 0 aliphatic heterocycles. The van der Waals surface area contributed by atoms with Crippen LogP contribution in [0.3, 0.4) is 0 Å². The number of carbonyl (C=O) groups is 1. The van der Waals surface area contributed by atoms with Gasteiger partial charge in [-0.1, -0.05) is 42.5 Å². The van der Waals surface area contributed by atoms with Crippen LogP contribution in [0.15, 0.2) is 75.4 Å². The van der Waals surface area contributed by atoms with Crippen molar-refractivity contribution >= 4 is 33.9 Å². The summed E-state index contributed by atoms with van der Waals surface area (Å²) in [6.45, 7) is 3.55. The van der Waals surface area contributed by atoms with Gasteiger partial charge in [0.05, 0.1) is 23.7 Å². The molecular formula is C24H21N3O5. The molecule has 0 unspecified atom stereocenters. The van der Waals surface area contributed by atoms with Gasteiger partial charge >= 0.3 is 11.7 Å². The highest BCUT2D eigenvalue weighted by molar-refractivity contribution is 6.02. The Morgan fingerprint density at radius 3 is 2.56 bits per heavy atom. The third-order valence-electron chi connectivity index (χ3n) is 4.94. The number of hydrogen-bond donors (Lipinski definition) is 1. The van der Waals surface area contributed by atoms with Gasteiger partial charge in [-0.25, -0.2) is 9.59 Å². The predicted molar refractivity (Wildman–Crippen MR) is 122 cm³/mol. The Bertz CT molecular complexity index is 1450. The monoisotopic (exact) mass is 431 g/mol. The van der Waals surface area contributed by atoms with Crippen LogP contribution >= 0.6 is 0 Å². The van der Waals surface area contributed by atoms with Gasteiger partial charge in [0.2, 0.25) is 0 Å². The minimum atomic E-state index is -0.852. The highest BCUT2D eigenvalue weighted by Gasteiger charge is 2.18. The Hall–Kier alpha value is -4.20. The minimum absolute atomic E-state index is 0.242. The molecule has 1 N–H and O–H groups in total. The van der Waals surface area contributed by atoms with Crippen molar-refractivity contribution in [1.82, 2.24) is 9.66 Å². The molecule has 162 valence electrons. The number of nitrogens with one attached hydrogen (secondary N) is 1. The van der Waals surface area contributed by atoms with Crippen LogP contribution in [0.5, 0.6) is 5.75 Å². The van der Waals surface area contributed by atoms with Gasteiger partial charge in [-0.2, -0.15) is 5.10 Å². The maximum atomic E-state index is 12.8. The zero-order valence-electron chi connectivity index (χ0n) is 17.6. The molecule has 8 heteroatoms. The zero-order chi connectivity index (χ0) is 22.7. The SMILES string of the molecule is CCOC(=O)[C@@H](C)Oc1ccc2ccccc2c1C=Nn1c(=O)[nH]c2ccccc2c1=O. The second kappa shape index (κ2) is 8.89. The Labute approximate surface area is 182 Å². The molecule has 0 bridgehead atoms. The van der Waals surface area contributed by atoms with Gasteiger partial charge < -0.3 is 14.5 Å². The number of carbonyl (C=O) groups excluding carboxylic acids is 1. The van der Waals surface area contributed by atoms with Gasteiger partial charge in [-0.15, -0.1) is 4.68 Å². The first-order valence-electron chi connectivity index (χ1n) is 10.1. The Morgan fingerprint density at radius 1 is 1.06 bits per heavy atom. The molecule has 0 fully saturated rings. The summed E-state index contributed by atoms with van der Waals surface area (Å²) in [6, 6.07) is 17.8. The van der Waals surface area contributed by atoms with E-state index in [0.29, 0.717) is 22.2 Å². The van der Waals surface area contributed by atoms with E-state index in [1.165, 1.54) is 6.21 Å². The highest BCUT2D eigenvalue weighted by Crippen LogP contribution is 2.27. The number of aromatic nitrogens is 2. The summed E-state index contributed by atoms with van der Waals surface area (Å²) in [5, 5.41) is 6.20. The molecule has 0 spiro atoms. The van der Waals surface area contributed by atoms with E-state index in [2.05, 4.69) is 10.1 Å². The summed E-state index contributed by atoms with van der Waals surface area (Å²) < 4.78 is 11.6. The number of aromatic amines is 1. The maximum absolute atomic E-state index is 12.8. The molecule has 1 aromatic heterocycles. The van der Waals surface area contributed by atoms with Crippen LogP contribution in [0.2, 0.25) is 0 Å². The number of ether oxygens (including phenoxy) is 2. The Balaban J connectivity index is 1.82. The molecule has 1 atom stereocenters. The average molecular weight is 431 g/mol. The first kappa shape index (κ1) is 21.0. The fourth-order valence-electron chi connectivity index (χ4n) is 3.38. The highest BCUT2D eigenvalue weighted by atomic mass is 16.6. The van der Waals surface area contributed by atoms with Gasteiger partial charge in [-0.3, -0.25) is 4.79 Å². The molecule has 0 aliphatic carbocycles. The van der Waals surface area contributed by atoms with E-state index in [-0.39, 0.29) is 6.61 Å². The molecule has 0 aliphatic rings. The summed E-state index contributed by atoms with van der Waals surface area (Å²) >= 11 is 0. The first-order valence-corrected chi connectivity index (χ1v) is 10.1. The topological polar surface area (TPSA) is 103 Å². The van der Waals surface area contributed by atoms with Crippen LogP contribution in [-0.2, 0) is 9.53 Å². The van der Waals surface area contributed by atoms with Gasteiger partial charge in [0.25, 0.3) is 5.56 Å². The largest absolute Gasteiger partial charge is 0.478 e. The summed E-state index contributed by atoms with van der Waals surface area (Å²) in [5.41, 5.74) is -0.235. The second-order valence-corrected chi connectivity index (χ2v) is 7.05. The number of para-hydroxylation sites is 1. The number of esters is 1. The maximum Gasteiger partial charge on any atom is 0.349 e.